The van der Waals surface area contributed by atoms with Gasteiger partial charge in [0.1, 0.15) is 5.75 Å². The van der Waals surface area contributed by atoms with Gasteiger partial charge in [-0.15, -0.1) is 0 Å². The molecule has 1 saturated carbocycles. The van der Waals surface area contributed by atoms with Crippen molar-refractivity contribution < 1.29 is 24.3 Å². The molecule has 44 heavy (non-hydrogen) atoms. The number of nitro benzene ring substituents is 1. The van der Waals surface area contributed by atoms with Crippen LogP contribution >= 0.6 is 0 Å². The lowest BCUT2D eigenvalue weighted by molar-refractivity contribution is -0.385. The molecule has 1 amide bonds. The number of benzene rings is 1. The van der Waals surface area contributed by atoms with Crippen LogP contribution in [-0.4, -0.2) is 83.0 Å². The number of phenolic OH excluding ortho intramolecular Hbond substituents is 1. The van der Waals surface area contributed by atoms with Crippen LogP contribution in [0, 0.1) is 16.0 Å². The maximum absolute atomic E-state index is 13.4. The summed E-state index contributed by atoms with van der Waals surface area (Å²) in [7, 11) is 0. The molecule has 3 atom stereocenters. The summed E-state index contributed by atoms with van der Waals surface area (Å²) < 4.78 is 11.6. The predicted molar refractivity (Wildman–Crippen MR) is 168 cm³/mol. The number of aromatic hydroxyl groups is 1. The van der Waals surface area contributed by atoms with Gasteiger partial charge in [0.2, 0.25) is 5.91 Å². The van der Waals surface area contributed by atoms with Crippen molar-refractivity contribution in [2.75, 3.05) is 39.5 Å². The molecule has 2 fully saturated rings. The lowest BCUT2D eigenvalue weighted by atomic mass is 9.81. The zero-order chi connectivity index (χ0) is 31.5. The molecule has 2 heterocycles. The van der Waals surface area contributed by atoms with Gasteiger partial charge in [-0.2, -0.15) is 0 Å². The number of phenols is 1. The minimum absolute atomic E-state index is 0.00248. The van der Waals surface area contributed by atoms with Crippen LogP contribution in [0.4, 0.5) is 5.69 Å². The topological polar surface area (TPSA) is 139 Å². The van der Waals surface area contributed by atoms with Crippen LogP contribution in [0.5, 0.6) is 5.75 Å². The summed E-state index contributed by atoms with van der Waals surface area (Å²) in [4.78, 5) is 30.7. The van der Waals surface area contributed by atoms with Gasteiger partial charge >= 0.3 is 0 Å². The summed E-state index contributed by atoms with van der Waals surface area (Å²) in [6.45, 7) is 10.2. The Kier molecular flexibility index (Phi) is 12.5. The molecule has 1 saturated heterocycles. The standard InChI is InChI=1S/C33H49N5O6/c1-33(2,3)44-23-26(22-37-17-19-43-20-18-37)35-31(40)12-11-29(24-7-5-4-6-8-24)36-32(25-13-15-34-16-14-25)28-10-9-27(38(41)42)21-30(28)39/h9-10,13-16,21,24,26,29,32,36,39H,4-8,11-12,17-20,22-23H2,1-3H3,(H,35,40). The van der Waals surface area contributed by atoms with E-state index in [1.54, 1.807) is 18.5 Å². The second kappa shape index (κ2) is 16.3. The van der Waals surface area contributed by atoms with Gasteiger partial charge in [-0.05, 0) is 69.7 Å². The van der Waals surface area contributed by atoms with E-state index >= 15 is 0 Å². The molecule has 1 aromatic heterocycles. The molecule has 2 aromatic rings. The van der Waals surface area contributed by atoms with Gasteiger partial charge in [-0.3, -0.25) is 24.8 Å². The van der Waals surface area contributed by atoms with E-state index in [1.807, 2.05) is 32.9 Å². The van der Waals surface area contributed by atoms with Crippen LogP contribution in [0.2, 0.25) is 0 Å². The average Bonchev–Trinajstić information content (AvgIpc) is 3.01. The highest BCUT2D eigenvalue weighted by molar-refractivity contribution is 5.76. The lowest BCUT2D eigenvalue weighted by Gasteiger charge is -2.35. The first-order valence-corrected chi connectivity index (χ1v) is 16.0. The van der Waals surface area contributed by atoms with Gasteiger partial charge in [-0.1, -0.05) is 19.3 Å². The Morgan fingerprint density at radius 2 is 1.86 bits per heavy atom. The minimum atomic E-state index is -0.513. The zero-order valence-corrected chi connectivity index (χ0v) is 26.4. The number of hydrogen-bond donors (Lipinski definition) is 3. The Morgan fingerprint density at radius 1 is 1.16 bits per heavy atom. The monoisotopic (exact) mass is 611 g/mol. The first-order chi connectivity index (χ1) is 21.1. The Morgan fingerprint density at radius 3 is 2.50 bits per heavy atom. The van der Waals surface area contributed by atoms with Crippen LogP contribution < -0.4 is 10.6 Å². The van der Waals surface area contributed by atoms with E-state index in [0.29, 0.717) is 50.7 Å². The molecule has 0 bridgehead atoms. The summed E-state index contributed by atoms with van der Waals surface area (Å²) >= 11 is 0. The van der Waals surface area contributed by atoms with Gasteiger partial charge in [0.15, 0.2) is 0 Å². The number of non-ortho nitro benzene ring substituents is 1. The molecule has 0 radical (unpaired) electrons. The minimum Gasteiger partial charge on any atom is -0.507 e. The molecule has 4 rings (SSSR count). The number of amides is 1. The van der Waals surface area contributed by atoms with E-state index < -0.39 is 11.0 Å². The van der Waals surface area contributed by atoms with Crippen molar-refractivity contribution in [3.8, 4) is 5.75 Å². The molecule has 11 heteroatoms. The number of pyridine rings is 1. The van der Waals surface area contributed by atoms with Crippen molar-refractivity contribution in [3.63, 3.8) is 0 Å². The number of ether oxygens (including phenoxy) is 2. The van der Waals surface area contributed by atoms with E-state index in [2.05, 4.69) is 20.5 Å². The van der Waals surface area contributed by atoms with E-state index in [9.17, 15) is 20.0 Å². The van der Waals surface area contributed by atoms with Crippen molar-refractivity contribution in [2.45, 2.75) is 89.4 Å². The smallest absolute Gasteiger partial charge is 0.273 e. The average molecular weight is 612 g/mol. The van der Waals surface area contributed by atoms with Crippen molar-refractivity contribution in [1.82, 2.24) is 20.5 Å². The Labute approximate surface area is 260 Å². The van der Waals surface area contributed by atoms with Crippen molar-refractivity contribution in [2.24, 2.45) is 5.92 Å². The third kappa shape index (κ3) is 10.5. The van der Waals surface area contributed by atoms with Gasteiger partial charge < -0.3 is 25.2 Å². The highest BCUT2D eigenvalue weighted by Crippen LogP contribution is 2.35. The Hall–Kier alpha value is -3.12. The number of aromatic nitrogens is 1. The molecule has 1 aromatic carbocycles. The van der Waals surface area contributed by atoms with E-state index in [4.69, 9.17) is 9.47 Å². The Bertz CT molecular complexity index is 1190. The van der Waals surface area contributed by atoms with Crippen LogP contribution in [-0.2, 0) is 14.3 Å². The molecular formula is C33H49N5O6. The number of rotatable bonds is 14. The van der Waals surface area contributed by atoms with Crippen molar-refractivity contribution in [3.05, 3.63) is 64.0 Å². The van der Waals surface area contributed by atoms with Gasteiger partial charge in [0.05, 0.1) is 48.5 Å². The van der Waals surface area contributed by atoms with E-state index in [1.165, 1.54) is 18.6 Å². The summed E-state index contributed by atoms with van der Waals surface area (Å²) in [5.74, 6) is 0.218. The molecule has 0 spiro atoms. The predicted octanol–water partition coefficient (Wildman–Crippen LogP) is 4.74. The molecular weight excluding hydrogens is 562 g/mol. The summed E-state index contributed by atoms with van der Waals surface area (Å²) in [5, 5.41) is 29.3. The van der Waals surface area contributed by atoms with Gasteiger partial charge in [-0.25, -0.2) is 0 Å². The maximum atomic E-state index is 13.4. The highest BCUT2D eigenvalue weighted by Gasteiger charge is 2.30. The summed E-state index contributed by atoms with van der Waals surface area (Å²) in [5.41, 5.74) is 0.966. The maximum Gasteiger partial charge on any atom is 0.273 e. The molecule has 3 unspecified atom stereocenters. The number of nitro groups is 1. The zero-order valence-electron chi connectivity index (χ0n) is 26.4. The quantitative estimate of drug-likeness (QED) is 0.204. The highest BCUT2D eigenvalue weighted by atomic mass is 16.6. The van der Waals surface area contributed by atoms with E-state index in [0.717, 1.165) is 44.3 Å². The van der Waals surface area contributed by atoms with Crippen LogP contribution in [0.3, 0.4) is 0 Å². The summed E-state index contributed by atoms with van der Waals surface area (Å²) in [6.07, 6.45) is 9.98. The first kappa shape index (κ1) is 33.8. The van der Waals surface area contributed by atoms with Gasteiger partial charge in [0, 0.05) is 56.1 Å². The fourth-order valence-electron chi connectivity index (χ4n) is 6.19. The van der Waals surface area contributed by atoms with Crippen molar-refractivity contribution in [1.29, 1.82) is 0 Å². The first-order valence-electron chi connectivity index (χ1n) is 16.0. The van der Waals surface area contributed by atoms with Crippen LogP contribution in [0.25, 0.3) is 0 Å². The number of hydrogen-bond acceptors (Lipinski definition) is 9. The number of morpholine rings is 1. The van der Waals surface area contributed by atoms with E-state index in [-0.39, 0.29) is 35.0 Å². The largest absolute Gasteiger partial charge is 0.507 e. The fourth-order valence-corrected chi connectivity index (χ4v) is 6.19. The third-order valence-electron chi connectivity index (χ3n) is 8.52. The lowest BCUT2D eigenvalue weighted by Crippen LogP contribution is -2.50. The molecule has 11 nitrogen and oxygen atoms in total. The molecule has 2 aliphatic rings. The van der Waals surface area contributed by atoms with Crippen LogP contribution in [0.15, 0.2) is 42.7 Å². The molecule has 242 valence electrons. The fraction of sp³-hybridized carbons (Fsp3) is 0.636. The molecule has 1 aliphatic heterocycles. The van der Waals surface area contributed by atoms with Crippen LogP contribution in [0.1, 0.15) is 82.9 Å². The number of nitrogens with zero attached hydrogens (tertiary/aromatic N) is 3. The summed E-state index contributed by atoms with van der Waals surface area (Å²) in [6, 6.07) is 7.43. The number of carbonyl (C=O) groups is 1. The molecule has 3 N–H and O–H groups in total. The second-order valence-corrected chi connectivity index (χ2v) is 13.0. The molecule has 1 aliphatic carbocycles. The number of carbonyl (C=O) groups excluding carboxylic acids is 1. The number of nitrogens with one attached hydrogen (secondary N) is 2. The SMILES string of the molecule is CC(C)(C)OCC(CN1CCOCC1)NC(=O)CCC(NC(c1ccncc1)c1ccc([N+](=O)[O-])cc1O)C1CCCCC1. The van der Waals surface area contributed by atoms with Gasteiger partial charge in [0.25, 0.3) is 5.69 Å². The van der Waals surface area contributed by atoms with Crippen molar-refractivity contribution >= 4 is 11.6 Å². The second-order valence-electron chi connectivity index (χ2n) is 13.0. The normalized spacial score (nSPS) is 18.8. The Balaban J connectivity index is 1.50. The third-order valence-corrected chi connectivity index (χ3v) is 8.52.